The molecule has 17 heavy (non-hydrogen) atoms. The number of nitrogens with zero attached hydrogens (tertiary/aromatic N) is 2. The van der Waals surface area contributed by atoms with Gasteiger partial charge in [-0.15, -0.1) is 5.10 Å². The Labute approximate surface area is 106 Å². The Hall–Kier alpha value is -1.29. The fourth-order valence-electron chi connectivity index (χ4n) is 1.54. The highest BCUT2D eigenvalue weighted by Gasteiger charge is 2.13. The zero-order valence-electron chi connectivity index (χ0n) is 10.4. The molecule has 2 rings (SSSR count). The Balaban J connectivity index is 2.07. The van der Waals surface area contributed by atoms with E-state index in [9.17, 15) is 0 Å². The molecule has 90 valence electrons. The lowest BCUT2D eigenvalue weighted by molar-refractivity contribution is 0.589. The number of nitrogens with one attached hydrogen (secondary N) is 1. The van der Waals surface area contributed by atoms with E-state index in [-0.39, 0.29) is 5.41 Å². The number of rotatable bonds is 3. The molecule has 1 N–H and O–H groups in total. The highest BCUT2D eigenvalue weighted by Crippen LogP contribution is 2.25. The fourth-order valence-corrected chi connectivity index (χ4v) is 2.26. The number of hydrogen-bond acceptors (Lipinski definition) is 3. The van der Waals surface area contributed by atoms with Gasteiger partial charge in [0, 0.05) is 5.75 Å². The summed E-state index contributed by atoms with van der Waals surface area (Å²) in [6, 6.07) is 8.71. The van der Waals surface area contributed by atoms with Gasteiger partial charge in [-0.05, 0) is 16.5 Å². The fraction of sp³-hybridized carbons (Fsp3) is 0.385. The maximum Gasteiger partial charge on any atom is 0.208 e. The minimum Gasteiger partial charge on any atom is -0.265 e. The van der Waals surface area contributed by atoms with E-state index in [1.165, 1.54) is 11.1 Å². The zero-order chi connectivity index (χ0) is 12.3. The number of hydrogen-bond donors (Lipinski definition) is 1. The van der Waals surface area contributed by atoms with Gasteiger partial charge in [0.05, 0.1) is 0 Å². The van der Waals surface area contributed by atoms with Crippen LogP contribution in [-0.4, -0.2) is 15.2 Å². The summed E-state index contributed by atoms with van der Waals surface area (Å²) in [5.41, 5.74) is 2.88. The van der Waals surface area contributed by atoms with Crippen molar-refractivity contribution in [2.24, 2.45) is 0 Å². The zero-order valence-corrected chi connectivity index (χ0v) is 11.2. The molecular formula is C13H17N3S. The molecule has 0 fully saturated rings. The molecule has 0 aliphatic rings. The van der Waals surface area contributed by atoms with Crippen LogP contribution in [0.4, 0.5) is 0 Å². The Morgan fingerprint density at radius 3 is 2.76 bits per heavy atom. The lowest BCUT2D eigenvalue weighted by Crippen LogP contribution is -2.11. The van der Waals surface area contributed by atoms with Crippen molar-refractivity contribution in [2.45, 2.75) is 37.1 Å². The normalized spacial score (nSPS) is 11.7. The van der Waals surface area contributed by atoms with Crippen molar-refractivity contribution >= 4 is 11.8 Å². The van der Waals surface area contributed by atoms with Gasteiger partial charge in [-0.2, -0.15) is 0 Å². The molecule has 0 amide bonds. The summed E-state index contributed by atoms with van der Waals surface area (Å²) < 4.78 is 0. The first-order valence-electron chi connectivity index (χ1n) is 5.64. The first-order valence-corrected chi connectivity index (χ1v) is 6.62. The molecule has 0 unspecified atom stereocenters. The molecule has 0 aliphatic heterocycles. The Kier molecular flexibility index (Phi) is 3.52. The summed E-state index contributed by atoms with van der Waals surface area (Å²) in [6.45, 7) is 6.69. The molecule has 0 saturated carbocycles. The molecule has 1 heterocycles. The average molecular weight is 247 g/mol. The second kappa shape index (κ2) is 4.92. The lowest BCUT2D eigenvalue weighted by Gasteiger charge is -2.19. The Morgan fingerprint density at radius 2 is 2.12 bits per heavy atom. The summed E-state index contributed by atoms with van der Waals surface area (Å²) in [7, 11) is 0. The van der Waals surface area contributed by atoms with Gasteiger partial charge < -0.3 is 0 Å². The van der Waals surface area contributed by atoms with E-state index >= 15 is 0 Å². The van der Waals surface area contributed by atoms with Crippen LogP contribution in [0, 0.1) is 0 Å². The largest absolute Gasteiger partial charge is 0.265 e. The quantitative estimate of drug-likeness (QED) is 0.845. The summed E-state index contributed by atoms with van der Waals surface area (Å²) in [5, 5.41) is 7.55. The average Bonchev–Trinajstić information content (AvgIpc) is 2.78. The molecule has 0 radical (unpaired) electrons. The van der Waals surface area contributed by atoms with Gasteiger partial charge in [-0.1, -0.05) is 56.8 Å². The number of aromatic amines is 1. The maximum atomic E-state index is 4.10. The van der Waals surface area contributed by atoms with Crippen LogP contribution in [0.1, 0.15) is 31.9 Å². The van der Waals surface area contributed by atoms with Crippen molar-refractivity contribution in [3.8, 4) is 0 Å². The van der Waals surface area contributed by atoms with E-state index in [2.05, 4.69) is 60.2 Å². The van der Waals surface area contributed by atoms with Gasteiger partial charge in [0.1, 0.15) is 6.33 Å². The number of benzene rings is 1. The topological polar surface area (TPSA) is 41.6 Å². The molecule has 0 aliphatic carbocycles. The number of aromatic nitrogens is 3. The summed E-state index contributed by atoms with van der Waals surface area (Å²) >= 11 is 1.65. The molecule has 1 aromatic heterocycles. The van der Waals surface area contributed by atoms with E-state index in [0.29, 0.717) is 0 Å². The predicted octanol–water partition coefficient (Wildman–Crippen LogP) is 3.39. The minimum absolute atomic E-state index is 0.200. The summed E-state index contributed by atoms with van der Waals surface area (Å²) in [4.78, 5) is 4.10. The van der Waals surface area contributed by atoms with Crippen LogP contribution in [0.3, 0.4) is 0 Å². The van der Waals surface area contributed by atoms with Crippen molar-refractivity contribution in [2.75, 3.05) is 0 Å². The van der Waals surface area contributed by atoms with Crippen LogP contribution in [0.5, 0.6) is 0 Å². The molecule has 0 atom stereocenters. The molecule has 4 heteroatoms. The highest BCUT2D eigenvalue weighted by atomic mass is 32.2. The van der Waals surface area contributed by atoms with Crippen molar-refractivity contribution in [1.29, 1.82) is 0 Å². The predicted molar refractivity (Wildman–Crippen MR) is 71.1 cm³/mol. The third-order valence-electron chi connectivity index (χ3n) is 2.55. The van der Waals surface area contributed by atoms with E-state index < -0.39 is 0 Å². The van der Waals surface area contributed by atoms with E-state index in [4.69, 9.17) is 0 Å². The minimum atomic E-state index is 0.200. The molecule has 0 saturated heterocycles. The second-order valence-electron chi connectivity index (χ2n) is 5.02. The van der Waals surface area contributed by atoms with Crippen LogP contribution < -0.4 is 0 Å². The number of H-pyrrole nitrogens is 1. The lowest BCUT2D eigenvalue weighted by atomic mass is 9.86. The van der Waals surface area contributed by atoms with Crippen molar-refractivity contribution in [1.82, 2.24) is 15.2 Å². The van der Waals surface area contributed by atoms with Gasteiger partial charge in [0.2, 0.25) is 5.16 Å². The van der Waals surface area contributed by atoms with Crippen LogP contribution in [0.15, 0.2) is 35.7 Å². The van der Waals surface area contributed by atoms with E-state index in [0.717, 1.165) is 10.9 Å². The van der Waals surface area contributed by atoms with Crippen molar-refractivity contribution < 1.29 is 0 Å². The van der Waals surface area contributed by atoms with Gasteiger partial charge in [-0.25, -0.2) is 4.98 Å². The van der Waals surface area contributed by atoms with Crippen LogP contribution in [0.2, 0.25) is 0 Å². The van der Waals surface area contributed by atoms with Crippen LogP contribution in [0.25, 0.3) is 0 Å². The van der Waals surface area contributed by atoms with Gasteiger partial charge in [0.15, 0.2) is 0 Å². The third kappa shape index (κ3) is 3.33. The SMILES string of the molecule is CC(C)(C)c1cccc(CSc2nc[nH]n2)c1. The summed E-state index contributed by atoms with van der Waals surface area (Å²) in [6.07, 6.45) is 1.61. The van der Waals surface area contributed by atoms with Crippen molar-refractivity contribution in [3.63, 3.8) is 0 Å². The van der Waals surface area contributed by atoms with Gasteiger partial charge in [-0.3, -0.25) is 5.10 Å². The Morgan fingerprint density at radius 1 is 1.29 bits per heavy atom. The van der Waals surface area contributed by atoms with Gasteiger partial charge in [0.25, 0.3) is 0 Å². The molecule has 0 bridgehead atoms. The number of thioether (sulfide) groups is 1. The Bertz CT molecular complexity index is 472. The second-order valence-corrected chi connectivity index (χ2v) is 5.96. The van der Waals surface area contributed by atoms with E-state index in [1.807, 2.05) is 0 Å². The van der Waals surface area contributed by atoms with E-state index in [1.54, 1.807) is 18.1 Å². The standard InChI is InChI=1S/C13H17N3S/c1-13(2,3)11-6-4-5-10(7-11)8-17-12-14-9-15-16-12/h4-7,9H,8H2,1-3H3,(H,14,15,16). The highest BCUT2D eigenvalue weighted by molar-refractivity contribution is 7.98. The summed E-state index contributed by atoms with van der Waals surface area (Å²) in [5.74, 6) is 0.905. The van der Waals surface area contributed by atoms with Crippen molar-refractivity contribution in [3.05, 3.63) is 41.7 Å². The molecule has 0 spiro atoms. The van der Waals surface area contributed by atoms with Gasteiger partial charge >= 0.3 is 0 Å². The molecule has 3 nitrogen and oxygen atoms in total. The monoisotopic (exact) mass is 247 g/mol. The first kappa shape index (κ1) is 12.2. The smallest absolute Gasteiger partial charge is 0.208 e. The maximum absolute atomic E-state index is 4.10. The van der Waals surface area contributed by atoms with Crippen LogP contribution in [-0.2, 0) is 11.2 Å². The molecule has 1 aromatic carbocycles. The van der Waals surface area contributed by atoms with Crippen LogP contribution >= 0.6 is 11.8 Å². The first-order chi connectivity index (χ1) is 8.05. The molecule has 2 aromatic rings. The molecular weight excluding hydrogens is 230 g/mol. The third-order valence-corrected chi connectivity index (χ3v) is 3.49.